The van der Waals surface area contributed by atoms with E-state index in [1.54, 1.807) is 37.3 Å². The summed E-state index contributed by atoms with van der Waals surface area (Å²) in [5, 5.41) is 29.3. The number of hydroxylamine groups is 2. The Morgan fingerprint density at radius 2 is 1.84 bits per heavy atom. The zero-order valence-corrected chi connectivity index (χ0v) is 33.2. The fourth-order valence-corrected chi connectivity index (χ4v) is 9.61. The summed E-state index contributed by atoms with van der Waals surface area (Å²) in [6.07, 6.45) is 1.75. The molecule has 2 bridgehead atoms. The van der Waals surface area contributed by atoms with Crippen molar-refractivity contribution in [2.75, 3.05) is 34.4 Å². The van der Waals surface area contributed by atoms with Crippen LogP contribution in [0.3, 0.4) is 0 Å². The smallest absolute Gasteiger partial charge is 0.251 e. The number of hydrogen-bond donors (Lipinski definition) is 4. The molecule has 55 heavy (non-hydrogen) atoms. The molecular formula is C44H58N4O7. The van der Waals surface area contributed by atoms with Crippen LogP contribution in [0, 0.1) is 29.1 Å². The molecule has 0 unspecified atom stereocenters. The van der Waals surface area contributed by atoms with Crippen LogP contribution in [0.1, 0.15) is 72.4 Å². The van der Waals surface area contributed by atoms with Gasteiger partial charge < -0.3 is 30.5 Å². The summed E-state index contributed by atoms with van der Waals surface area (Å²) in [5.74, 6) is 0.683. The van der Waals surface area contributed by atoms with E-state index in [0.717, 1.165) is 18.3 Å². The van der Waals surface area contributed by atoms with E-state index in [9.17, 15) is 24.6 Å². The second kappa shape index (κ2) is 16.9. The van der Waals surface area contributed by atoms with Crippen LogP contribution in [0.4, 0.5) is 0 Å². The monoisotopic (exact) mass is 754 g/mol. The van der Waals surface area contributed by atoms with Gasteiger partial charge in [0.25, 0.3) is 5.91 Å². The SMILES string of the molecule is COc1c(CN2O[C@@H](CO)[C@@H]([C@H](C)O)[C@H]2C(=O)N[C@H]2C[C@@H]3C[C@H]([C@@H]2C)C3(C)C)cccc1-c1cc(C=O)cc(C(=O)N[C@@H](Cc2ccccc2)CN(C)C)c1. The average molecular weight is 755 g/mol. The number of fused-ring (bicyclic) bond motifs is 2. The van der Waals surface area contributed by atoms with Crippen molar-refractivity contribution in [1.29, 1.82) is 0 Å². The van der Waals surface area contributed by atoms with Crippen molar-refractivity contribution in [3.63, 3.8) is 0 Å². The number of aliphatic hydroxyl groups excluding tert-OH is 2. The van der Waals surface area contributed by atoms with E-state index in [2.05, 4.69) is 31.4 Å². The maximum atomic E-state index is 14.2. The fourth-order valence-electron chi connectivity index (χ4n) is 9.61. The molecule has 1 heterocycles. The molecule has 11 nitrogen and oxygen atoms in total. The number of likely N-dealkylation sites (N-methyl/N-ethyl adjacent to an activating group) is 1. The fraction of sp³-hybridized carbons (Fsp3) is 0.523. The maximum Gasteiger partial charge on any atom is 0.251 e. The van der Waals surface area contributed by atoms with Gasteiger partial charge in [-0.1, -0.05) is 69.3 Å². The van der Waals surface area contributed by atoms with E-state index in [1.165, 1.54) is 6.42 Å². The number of ether oxygens (including phenoxy) is 1. The Labute approximate surface area is 325 Å². The second-order valence-corrected chi connectivity index (χ2v) is 16.8. The number of aliphatic hydroxyl groups is 2. The average Bonchev–Trinajstić information content (AvgIpc) is 3.53. The lowest BCUT2D eigenvalue weighted by atomic mass is 9.45. The molecule has 3 aliphatic carbocycles. The molecule has 2 amide bonds. The molecule has 4 N–H and O–H groups in total. The van der Waals surface area contributed by atoms with Crippen LogP contribution in [0.15, 0.2) is 66.7 Å². The van der Waals surface area contributed by atoms with E-state index >= 15 is 0 Å². The van der Waals surface area contributed by atoms with Gasteiger partial charge in [-0.15, -0.1) is 0 Å². The minimum absolute atomic E-state index is 0.0137. The van der Waals surface area contributed by atoms with Gasteiger partial charge in [0.15, 0.2) is 0 Å². The Hall–Kier alpha value is -4.13. The third-order valence-corrected chi connectivity index (χ3v) is 12.6. The summed E-state index contributed by atoms with van der Waals surface area (Å²) < 4.78 is 6.01. The number of benzene rings is 3. The number of rotatable bonds is 15. The summed E-state index contributed by atoms with van der Waals surface area (Å²) in [4.78, 5) is 48.5. The van der Waals surface area contributed by atoms with Crippen molar-refractivity contribution < 1.29 is 34.2 Å². The van der Waals surface area contributed by atoms with Crippen molar-refractivity contribution in [3.05, 3.63) is 89.0 Å². The largest absolute Gasteiger partial charge is 0.496 e. The van der Waals surface area contributed by atoms with Crippen molar-refractivity contribution in [2.24, 2.45) is 29.1 Å². The number of aldehydes is 1. The van der Waals surface area contributed by atoms with E-state index in [4.69, 9.17) is 9.57 Å². The first-order valence-electron chi connectivity index (χ1n) is 19.5. The Balaban J connectivity index is 1.27. The number of hydrogen-bond acceptors (Lipinski definition) is 9. The third-order valence-electron chi connectivity index (χ3n) is 12.6. The van der Waals surface area contributed by atoms with Gasteiger partial charge >= 0.3 is 0 Å². The van der Waals surface area contributed by atoms with Crippen molar-refractivity contribution >= 4 is 18.1 Å². The highest BCUT2D eigenvalue weighted by Gasteiger charge is 2.57. The van der Waals surface area contributed by atoms with Crippen LogP contribution in [-0.4, -0.2) is 103 Å². The van der Waals surface area contributed by atoms with Gasteiger partial charge in [0, 0.05) is 46.8 Å². The lowest BCUT2D eigenvalue weighted by Crippen LogP contribution is -2.62. The molecule has 1 saturated heterocycles. The Morgan fingerprint density at radius 3 is 2.45 bits per heavy atom. The summed E-state index contributed by atoms with van der Waals surface area (Å²) >= 11 is 0. The van der Waals surface area contributed by atoms with Gasteiger partial charge in [0.1, 0.15) is 24.2 Å². The van der Waals surface area contributed by atoms with E-state index < -0.39 is 24.2 Å². The quantitative estimate of drug-likeness (QED) is 0.162. The van der Waals surface area contributed by atoms with Crippen LogP contribution >= 0.6 is 0 Å². The zero-order chi connectivity index (χ0) is 39.6. The molecule has 0 aromatic heterocycles. The molecule has 9 atom stereocenters. The second-order valence-electron chi connectivity index (χ2n) is 16.8. The van der Waals surface area contributed by atoms with Crippen LogP contribution < -0.4 is 15.4 Å². The standard InChI is InChI=1S/C44H58N4O7/c1-26-36-20-33(44(36,3)4)21-37(26)46-43(53)40-39(27(2)51)38(25-50)55-48(40)22-30-14-11-15-35(41(30)54-7)31-16-29(24-49)17-32(19-31)42(52)45-34(23-47(5)6)18-28-12-9-8-10-13-28/h8-17,19,24,26-27,33-34,36-40,50-51H,18,20-23,25H2,1-7H3,(H,45,52)(H,46,53)/t26-,27-,33-,34-,36+,37-,38-,39+,40-/m0/s1. The lowest BCUT2D eigenvalue weighted by Gasteiger charge is -2.62. The molecular weight excluding hydrogens is 697 g/mol. The number of carbonyl (C=O) groups excluding carboxylic acids is 3. The van der Waals surface area contributed by atoms with Crippen molar-refractivity contribution in [3.8, 4) is 16.9 Å². The van der Waals surface area contributed by atoms with Gasteiger partial charge in [-0.05, 0) is 92.8 Å². The van der Waals surface area contributed by atoms with Crippen LogP contribution in [0.2, 0.25) is 0 Å². The third kappa shape index (κ3) is 8.51. The number of carbonyl (C=O) groups is 3. The van der Waals surface area contributed by atoms with Gasteiger partial charge in [-0.3, -0.25) is 19.2 Å². The Morgan fingerprint density at radius 1 is 1.09 bits per heavy atom. The maximum absolute atomic E-state index is 14.2. The Kier molecular flexibility index (Phi) is 12.5. The predicted molar refractivity (Wildman–Crippen MR) is 211 cm³/mol. The first kappa shape index (κ1) is 40.5. The molecule has 3 aromatic rings. The number of methoxy groups -OCH3 is 1. The van der Waals surface area contributed by atoms with Crippen LogP contribution in [-0.2, 0) is 22.6 Å². The first-order chi connectivity index (χ1) is 26.2. The minimum Gasteiger partial charge on any atom is -0.496 e. The summed E-state index contributed by atoms with van der Waals surface area (Å²) in [6, 6.07) is 19.6. The van der Waals surface area contributed by atoms with E-state index in [1.807, 2.05) is 67.5 Å². The minimum atomic E-state index is -0.928. The predicted octanol–water partition coefficient (Wildman–Crippen LogP) is 4.74. The zero-order valence-electron chi connectivity index (χ0n) is 33.2. The molecule has 3 saturated carbocycles. The molecule has 4 fully saturated rings. The molecule has 296 valence electrons. The van der Waals surface area contributed by atoms with E-state index in [-0.39, 0.29) is 42.5 Å². The molecule has 0 radical (unpaired) electrons. The normalized spacial score (nSPS) is 26.8. The summed E-state index contributed by atoms with van der Waals surface area (Å²) in [7, 11) is 5.48. The highest BCUT2D eigenvalue weighted by Crippen LogP contribution is 2.61. The van der Waals surface area contributed by atoms with Crippen LogP contribution in [0.25, 0.3) is 11.1 Å². The molecule has 11 heteroatoms. The van der Waals surface area contributed by atoms with E-state index in [0.29, 0.717) is 64.3 Å². The molecule has 1 aliphatic heterocycles. The molecule has 7 rings (SSSR count). The number of para-hydroxylation sites is 1. The number of amides is 2. The van der Waals surface area contributed by atoms with Crippen molar-refractivity contribution in [2.45, 2.75) is 83.8 Å². The topological polar surface area (TPSA) is 141 Å². The van der Waals surface area contributed by atoms with Gasteiger partial charge in [0.05, 0.1) is 26.4 Å². The van der Waals surface area contributed by atoms with Crippen LogP contribution in [0.5, 0.6) is 5.75 Å². The van der Waals surface area contributed by atoms with Gasteiger partial charge in [-0.2, -0.15) is 5.06 Å². The first-order valence-corrected chi connectivity index (χ1v) is 19.5. The highest BCUT2D eigenvalue weighted by molar-refractivity contribution is 5.98. The van der Waals surface area contributed by atoms with Gasteiger partial charge in [-0.25, -0.2) is 0 Å². The molecule has 3 aromatic carbocycles. The summed E-state index contributed by atoms with van der Waals surface area (Å²) in [5.41, 5.74) is 4.00. The highest BCUT2D eigenvalue weighted by atomic mass is 16.7. The van der Waals surface area contributed by atoms with Crippen molar-refractivity contribution in [1.82, 2.24) is 20.6 Å². The summed E-state index contributed by atoms with van der Waals surface area (Å²) in [6.45, 7) is 8.86. The lowest BCUT2D eigenvalue weighted by molar-refractivity contribution is -0.183. The number of nitrogens with one attached hydrogen (secondary N) is 2. The Bertz CT molecular complexity index is 1830. The molecule has 0 spiro atoms. The van der Waals surface area contributed by atoms with Gasteiger partial charge in [0.2, 0.25) is 5.91 Å². The number of nitrogens with zero attached hydrogens (tertiary/aromatic N) is 2. The molecule has 4 aliphatic rings.